The standard InChI is InChI=1S/C12H22N2O2/c15-12(16)7-13-11-5-6-14(9-11)8-10-3-1-2-4-10/h10-11,13H,1-9H2,(H,15,16). The molecule has 0 aromatic heterocycles. The molecule has 16 heavy (non-hydrogen) atoms. The molecule has 2 aliphatic rings. The number of nitrogens with zero attached hydrogens (tertiary/aromatic N) is 1. The van der Waals surface area contributed by atoms with Gasteiger partial charge in [-0.2, -0.15) is 0 Å². The highest BCUT2D eigenvalue weighted by Crippen LogP contribution is 2.26. The molecule has 0 aromatic carbocycles. The second kappa shape index (κ2) is 5.64. The molecule has 0 bridgehead atoms. The summed E-state index contributed by atoms with van der Waals surface area (Å²) in [4.78, 5) is 12.9. The van der Waals surface area contributed by atoms with Gasteiger partial charge in [0.1, 0.15) is 0 Å². The first-order valence-corrected chi connectivity index (χ1v) is 6.41. The maximum absolute atomic E-state index is 10.4. The predicted molar refractivity (Wildman–Crippen MR) is 62.4 cm³/mol. The first-order chi connectivity index (χ1) is 7.74. The van der Waals surface area contributed by atoms with E-state index in [1.807, 2.05) is 0 Å². The van der Waals surface area contributed by atoms with Crippen LogP contribution in [0.3, 0.4) is 0 Å². The summed E-state index contributed by atoms with van der Waals surface area (Å²) < 4.78 is 0. The van der Waals surface area contributed by atoms with E-state index in [4.69, 9.17) is 5.11 Å². The van der Waals surface area contributed by atoms with Gasteiger partial charge in [0.25, 0.3) is 0 Å². The van der Waals surface area contributed by atoms with Gasteiger partial charge in [0.05, 0.1) is 6.54 Å². The number of carboxylic acid groups (broad SMARTS) is 1. The van der Waals surface area contributed by atoms with E-state index >= 15 is 0 Å². The van der Waals surface area contributed by atoms with Crippen LogP contribution in [-0.2, 0) is 4.79 Å². The highest BCUT2D eigenvalue weighted by molar-refractivity contribution is 5.69. The van der Waals surface area contributed by atoms with Crippen molar-refractivity contribution in [2.24, 2.45) is 5.92 Å². The van der Waals surface area contributed by atoms with Gasteiger partial charge in [-0.1, -0.05) is 12.8 Å². The van der Waals surface area contributed by atoms with Crippen molar-refractivity contribution in [3.05, 3.63) is 0 Å². The zero-order valence-corrected chi connectivity index (χ0v) is 9.82. The minimum Gasteiger partial charge on any atom is -0.480 e. The molecule has 1 aliphatic carbocycles. The maximum atomic E-state index is 10.4. The molecular weight excluding hydrogens is 204 g/mol. The molecule has 0 amide bonds. The van der Waals surface area contributed by atoms with Crippen molar-refractivity contribution in [3.8, 4) is 0 Å². The topological polar surface area (TPSA) is 52.6 Å². The Balaban J connectivity index is 1.64. The van der Waals surface area contributed by atoms with Crippen molar-refractivity contribution in [3.63, 3.8) is 0 Å². The van der Waals surface area contributed by atoms with Crippen LogP contribution in [0.2, 0.25) is 0 Å². The van der Waals surface area contributed by atoms with E-state index in [0.29, 0.717) is 6.04 Å². The van der Waals surface area contributed by atoms with E-state index < -0.39 is 5.97 Å². The van der Waals surface area contributed by atoms with E-state index in [2.05, 4.69) is 10.2 Å². The Morgan fingerprint density at radius 1 is 1.31 bits per heavy atom. The Morgan fingerprint density at radius 3 is 2.75 bits per heavy atom. The van der Waals surface area contributed by atoms with Gasteiger partial charge in [0.2, 0.25) is 0 Å². The van der Waals surface area contributed by atoms with Crippen molar-refractivity contribution in [2.45, 2.75) is 38.1 Å². The summed E-state index contributed by atoms with van der Waals surface area (Å²) in [5, 5.41) is 11.7. The number of carbonyl (C=O) groups is 1. The van der Waals surface area contributed by atoms with Crippen LogP contribution >= 0.6 is 0 Å². The van der Waals surface area contributed by atoms with Crippen LogP contribution in [0.25, 0.3) is 0 Å². The SMILES string of the molecule is O=C(O)CNC1CCN(CC2CCCC2)C1. The van der Waals surface area contributed by atoms with E-state index in [1.54, 1.807) is 0 Å². The van der Waals surface area contributed by atoms with Crippen molar-refractivity contribution in [2.75, 3.05) is 26.2 Å². The lowest BCUT2D eigenvalue weighted by Gasteiger charge is -2.20. The van der Waals surface area contributed by atoms with Crippen molar-refractivity contribution < 1.29 is 9.90 Å². The van der Waals surface area contributed by atoms with Crippen LogP contribution in [0, 0.1) is 5.92 Å². The number of likely N-dealkylation sites (tertiary alicyclic amines) is 1. The zero-order chi connectivity index (χ0) is 11.4. The van der Waals surface area contributed by atoms with Crippen LogP contribution < -0.4 is 5.32 Å². The third kappa shape index (κ3) is 3.46. The minimum absolute atomic E-state index is 0.0991. The molecule has 1 unspecified atom stereocenters. The molecule has 1 saturated heterocycles. The number of carboxylic acids is 1. The van der Waals surface area contributed by atoms with Crippen LogP contribution in [0.4, 0.5) is 0 Å². The fourth-order valence-electron chi connectivity index (χ4n) is 2.95. The van der Waals surface area contributed by atoms with E-state index in [0.717, 1.165) is 25.4 Å². The predicted octanol–water partition coefficient (Wildman–Crippen LogP) is 0.925. The molecule has 4 nitrogen and oxygen atoms in total. The molecule has 4 heteroatoms. The lowest BCUT2D eigenvalue weighted by Crippen LogP contribution is -2.36. The molecule has 2 rings (SSSR count). The van der Waals surface area contributed by atoms with Crippen molar-refractivity contribution in [1.29, 1.82) is 0 Å². The molecule has 0 spiro atoms. The summed E-state index contributed by atoms with van der Waals surface area (Å²) in [5.74, 6) is 0.146. The van der Waals surface area contributed by atoms with Crippen LogP contribution in [0.1, 0.15) is 32.1 Å². The molecule has 1 heterocycles. The fourth-order valence-corrected chi connectivity index (χ4v) is 2.95. The van der Waals surface area contributed by atoms with Gasteiger partial charge < -0.3 is 15.3 Å². The maximum Gasteiger partial charge on any atom is 0.317 e. The van der Waals surface area contributed by atoms with Gasteiger partial charge in [0.15, 0.2) is 0 Å². The number of nitrogens with one attached hydrogen (secondary N) is 1. The molecule has 92 valence electrons. The fraction of sp³-hybridized carbons (Fsp3) is 0.917. The largest absolute Gasteiger partial charge is 0.480 e. The highest BCUT2D eigenvalue weighted by Gasteiger charge is 2.25. The molecule has 2 N–H and O–H groups in total. The highest BCUT2D eigenvalue weighted by atomic mass is 16.4. The quantitative estimate of drug-likeness (QED) is 0.732. The van der Waals surface area contributed by atoms with Gasteiger partial charge in [-0.15, -0.1) is 0 Å². The van der Waals surface area contributed by atoms with Crippen molar-refractivity contribution in [1.82, 2.24) is 10.2 Å². The lowest BCUT2D eigenvalue weighted by atomic mass is 10.1. The van der Waals surface area contributed by atoms with Gasteiger partial charge in [-0.25, -0.2) is 0 Å². The normalized spacial score (nSPS) is 27.6. The van der Waals surface area contributed by atoms with Gasteiger partial charge in [-0.05, 0) is 31.7 Å². The number of hydrogen-bond donors (Lipinski definition) is 2. The first kappa shape index (κ1) is 11.9. The molecule has 1 aliphatic heterocycles. The molecule has 1 atom stereocenters. The Kier molecular flexibility index (Phi) is 4.18. The van der Waals surface area contributed by atoms with Gasteiger partial charge in [0, 0.05) is 19.1 Å². The molecule has 0 aromatic rings. The number of hydrogen-bond acceptors (Lipinski definition) is 3. The summed E-state index contributed by atoms with van der Waals surface area (Å²) in [6.45, 7) is 3.49. The molecular formula is C12H22N2O2. The summed E-state index contributed by atoms with van der Waals surface area (Å²) in [6, 6.07) is 0.387. The van der Waals surface area contributed by atoms with E-state index in [1.165, 1.54) is 32.2 Å². The zero-order valence-electron chi connectivity index (χ0n) is 9.82. The summed E-state index contributed by atoms with van der Waals surface area (Å²) in [6.07, 6.45) is 6.69. The molecule has 1 saturated carbocycles. The summed E-state index contributed by atoms with van der Waals surface area (Å²) in [7, 11) is 0. The Bertz CT molecular complexity index is 239. The Labute approximate surface area is 97.0 Å². The van der Waals surface area contributed by atoms with Gasteiger partial charge >= 0.3 is 5.97 Å². The molecule has 2 fully saturated rings. The smallest absolute Gasteiger partial charge is 0.317 e. The monoisotopic (exact) mass is 226 g/mol. The van der Waals surface area contributed by atoms with Crippen LogP contribution in [0.15, 0.2) is 0 Å². The number of rotatable bonds is 5. The number of aliphatic carboxylic acids is 1. The lowest BCUT2D eigenvalue weighted by molar-refractivity contribution is -0.136. The average Bonchev–Trinajstić information content (AvgIpc) is 2.87. The van der Waals surface area contributed by atoms with Crippen LogP contribution in [0.5, 0.6) is 0 Å². The minimum atomic E-state index is -0.755. The van der Waals surface area contributed by atoms with E-state index in [-0.39, 0.29) is 6.54 Å². The van der Waals surface area contributed by atoms with E-state index in [9.17, 15) is 4.79 Å². The molecule has 0 radical (unpaired) electrons. The first-order valence-electron chi connectivity index (χ1n) is 6.41. The van der Waals surface area contributed by atoms with Crippen LogP contribution in [-0.4, -0.2) is 48.2 Å². The summed E-state index contributed by atoms with van der Waals surface area (Å²) in [5.41, 5.74) is 0. The average molecular weight is 226 g/mol. The van der Waals surface area contributed by atoms with Crippen molar-refractivity contribution >= 4 is 5.97 Å². The van der Waals surface area contributed by atoms with Gasteiger partial charge in [-0.3, -0.25) is 4.79 Å². The summed E-state index contributed by atoms with van der Waals surface area (Å²) >= 11 is 0. The second-order valence-electron chi connectivity index (χ2n) is 5.17. The third-order valence-electron chi connectivity index (χ3n) is 3.81. The Hall–Kier alpha value is -0.610. The second-order valence-corrected chi connectivity index (χ2v) is 5.17. The third-order valence-corrected chi connectivity index (χ3v) is 3.81. The Morgan fingerprint density at radius 2 is 2.06 bits per heavy atom.